The molecule has 0 bridgehead atoms. The number of quaternary nitrogens is 1. The van der Waals surface area contributed by atoms with E-state index in [4.69, 9.17) is 18.5 Å². The molecule has 0 spiro atoms. The monoisotopic (exact) mass is 808 g/mol. The molecule has 0 heterocycles. The average Bonchev–Trinajstić information content (AvgIpc) is 3.15. The van der Waals surface area contributed by atoms with Crippen LogP contribution in [0.3, 0.4) is 0 Å². The fraction of sp³-hybridized carbons (Fsp3) is 0.739. The number of carbonyl (C=O) groups excluding carboxylic acids is 2. The molecule has 0 aliphatic rings. The molecule has 0 aromatic rings. The predicted octanol–water partition coefficient (Wildman–Crippen LogP) is 11.8. The molecule has 0 aliphatic heterocycles. The maximum absolute atomic E-state index is 12.6. The van der Waals surface area contributed by atoms with Gasteiger partial charge in [0, 0.05) is 12.8 Å². The lowest BCUT2D eigenvalue weighted by atomic mass is 10.1. The summed E-state index contributed by atoms with van der Waals surface area (Å²) in [4.78, 5) is 37.5. The molecule has 0 radical (unpaired) electrons. The number of carbonyl (C=O) groups is 2. The zero-order valence-corrected chi connectivity index (χ0v) is 37.2. The van der Waals surface area contributed by atoms with E-state index in [-0.39, 0.29) is 26.1 Å². The lowest BCUT2D eigenvalue weighted by Gasteiger charge is -2.28. The van der Waals surface area contributed by atoms with Crippen molar-refractivity contribution in [3.05, 3.63) is 60.8 Å². The minimum Gasteiger partial charge on any atom is -0.756 e. The number of unbranched alkanes of at least 4 members (excludes halogenated alkanes) is 15. The number of phosphoric ester groups is 1. The molecule has 324 valence electrons. The van der Waals surface area contributed by atoms with Gasteiger partial charge in [-0.15, -0.1) is 0 Å². The molecule has 2 unspecified atom stereocenters. The van der Waals surface area contributed by atoms with Crippen LogP contribution in [-0.2, 0) is 32.7 Å². The zero-order chi connectivity index (χ0) is 41.4. The Labute approximate surface area is 343 Å². The number of esters is 2. The number of hydrogen-bond acceptors (Lipinski definition) is 8. The molecule has 9 nitrogen and oxygen atoms in total. The first-order valence-corrected chi connectivity index (χ1v) is 23.5. The third kappa shape index (κ3) is 41.3. The molecular formula is C46H82NO8P. The van der Waals surface area contributed by atoms with E-state index in [0.29, 0.717) is 23.9 Å². The van der Waals surface area contributed by atoms with Gasteiger partial charge in [-0.3, -0.25) is 14.2 Å². The van der Waals surface area contributed by atoms with Crippen LogP contribution in [0.25, 0.3) is 0 Å². The van der Waals surface area contributed by atoms with Gasteiger partial charge in [-0.2, -0.15) is 0 Å². The summed E-state index contributed by atoms with van der Waals surface area (Å²) in [6.45, 7) is 4.02. The standard InChI is InChI=1S/C46H82NO8P/c1-6-8-10-12-14-16-18-20-21-22-23-24-25-27-28-30-32-34-36-38-45(48)52-42-44(43-54-56(50,51)53-41-40-47(3,4)5)55-46(49)39-37-35-33-31-29-26-19-17-15-13-11-9-7-2/h8,10,14,16,20-21,26,29,33,35,44H,6-7,9,11-13,15,17-19,22-25,27-28,30-32,34,36-43H2,1-5H3/b10-8+,16-14+,21-20+,29-26+,35-33+. The number of hydrogen-bond donors (Lipinski definition) is 0. The van der Waals surface area contributed by atoms with E-state index in [1.807, 2.05) is 33.3 Å². The maximum Gasteiger partial charge on any atom is 0.306 e. The van der Waals surface area contributed by atoms with E-state index < -0.39 is 32.5 Å². The molecule has 2 atom stereocenters. The normalized spacial score (nSPS) is 14.2. The Morgan fingerprint density at radius 3 is 1.59 bits per heavy atom. The van der Waals surface area contributed by atoms with E-state index in [0.717, 1.165) is 57.8 Å². The highest BCUT2D eigenvalue weighted by Crippen LogP contribution is 2.38. The number of allylic oxidation sites excluding steroid dienone is 10. The maximum atomic E-state index is 12.6. The fourth-order valence-electron chi connectivity index (χ4n) is 5.60. The largest absolute Gasteiger partial charge is 0.756 e. The molecule has 0 rings (SSSR count). The van der Waals surface area contributed by atoms with Crippen molar-refractivity contribution in [1.29, 1.82) is 0 Å². The van der Waals surface area contributed by atoms with Crippen molar-refractivity contribution >= 4 is 19.8 Å². The first-order chi connectivity index (χ1) is 27.0. The molecule has 0 amide bonds. The van der Waals surface area contributed by atoms with E-state index in [1.54, 1.807) is 0 Å². The SMILES string of the molecule is CC/C=C/C/C=C/C/C=C/CCCCCCCCCCCC(=O)OCC(COP(=O)([O-])OCC[N+](C)(C)C)OC(=O)CC/C=C/C/C=C/CCCCCCCC. The van der Waals surface area contributed by atoms with Crippen LogP contribution in [0.2, 0.25) is 0 Å². The van der Waals surface area contributed by atoms with E-state index in [1.165, 1.54) is 70.6 Å². The summed E-state index contributed by atoms with van der Waals surface area (Å²) in [5.41, 5.74) is 0. The molecule has 0 saturated heterocycles. The summed E-state index contributed by atoms with van der Waals surface area (Å²) < 4.78 is 33.8. The Morgan fingerprint density at radius 1 is 0.571 bits per heavy atom. The van der Waals surface area contributed by atoms with E-state index >= 15 is 0 Å². The Balaban J connectivity index is 4.39. The summed E-state index contributed by atoms with van der Waals surface area (Å²) in [6.07, 6.45) is 45.5. The Morgan fingerprint density at radius 2 is 1.05 bits per heavy atom. The van der Waals surface area contributed by atoms with Gasteiger partial charge >= 0.3 is 11.9 Å². The summed E-state index contributed by atoms with van der Waals surface area (Å²) in [7, 11) is 1.12. The van der Waals surface area contributed by atoms with Crippen molar-refractivity contribution in [3.63, 3.8) is 0 Å². The smallest absolute Gasteiger partial charge is 0.306 e. The second-order valence-corrected chi connectivity index (χ2v) is 17.1. The molecule has 0 N–H and O–H groups in total. The second-order valence-electron chi connectivity index (χ2n) is 15.7. The van der Waals surface area contributed by atoms with Crippen molar-refractivity contribution in [1.82, 2.24) is 0 Å². The van der Waals surface area contributed by atoms with Crippen molar-refractivity contribution in [2.45, 2.75) is 174 Å². The number of ether oxygens (including phenoxy) is 2. The third-order valence-corrected chi connectivity index (χ3v) is 10.00. The lowest BCUT2D eigenvalue weighted by molar-refractivity contribution is -0.870. The van der Waals surface area contributed by atoms with Crippen LogP contribution in [0.4, 0.5) is 0 Å². The quantitative estimate of drug-likeness (QED) is 0.0198. The van der Waals surface area contributed by atoms with Gasteiger partial charge in [0.1, 0.15) is 19.8 Å². The van der Waals surface area contributed by atoms with Crippen LogP contribution in [0.15, 0.2) is 60.8 Å². The van der Waals surface area contributed by atoms with Crippen LogP contribution in [0.5, 0.6) is 0 Å². The van der Waals surface area contributed by atoms with Crippen LogP contribution in [-0.4, -0.2) is 70.0 Å². The van der Waals surface area contributed by atoms with Gasteiger partial charge in [-0.05, 0) is 64.2 Å². The topological polar surface area (TPSA) is 111 Å². The van der Waals surface area contributed by atoms with Gasteiger partial charge in [0.2, 0.25) is 0 Å². The molecule has 0 fully saturated rings. The number of rotatable bonds is 39. The summed E-state index contributed by atoms with van der Waals surface area (Å²) in [6, 6.07) is 0. The van der Waals surface area contributed by atoms with Crippen LogP contribution < -0.4 is 4.89 Å². The third-order valence-electron chi connectivity index (χ3n) is 9.04. The molecule has 56 heavy (non-hydrogen) atoms. The minimum atomic E-state index is -4.64. The lowest BCUT2D eigenvalue weighted by Crippen LogP contribution is -2.37. The van der Waals surface area contributed by atoms with Gasteiger partial charge in [0.25, 0.3) is 7.82 Å². The average molecular weight is 808 g/mol. The van der Waals surface area contributed by atoms with Gasteiger partial charge in [-0.1, -0.05) is 152 Å². The highest BCUT2D eigenvalue weighted by atomic mass is 31.2. The second kappa shape index (κ2) is 38.2. The van der Waals surface area contributed by atoms with Crippen molar-refractivity contribution in [3.8, 4) is 0 Å². The highest BCUT2D eigenvalue weighted by molar-refractivity contribution is 7.45. The first kappa shape index (κ1) is 53.7. The molecule has 0 aliphatic carbocycles. The van der Waals surface area contributed by atoms with Gasteiger partial charge < -0.3 is 27.9 Å². The minimum absolute atomic E-state index is 0.0431. The highest BCUT2D eigenvalue weighted by Gasteiger charge is 2.21. The van der Waals surface area contributed by atoms with E-state index in [9.17, 15) is 19.0 Å². The first-order valence-electron chi connectivity index (χ1n) is 22.0. The molecule has 0 saturated carbocycles. The van der Waals surface area contributed by atoms with Gasteiger partial charge in [-0.25, -0.2) is 0 Å². The van der Waals surface area contributed by atoms with Crippen molar-refractivity contribution < 1.29 is 42.1 Å². The zero-order valence-electron chi connectivity index (χ0n) is 36.3. The summed E-state index contributed by atoms with van der Waals surface area (Å²) in [5, 5.41) is 0. The van der Waals surface area contributed by atoms with Gasteiger partial charge in [0.15, 0.2) is 6.10 Å². The Hall–Kier alpha value is -2.29. The Bertz CT molecular complexity index is 1140. The molecule has 0 aromatic heterocycles. The van der Waals surface area contributed by atoms with Gasteiger partial charge in [0.05, 0.1) is 27.7 Å². The number of nitrogens with zero attached hydrogens (tertiary/aromatic N) is 1. The Kier molecular flexibility index (Phi) is 36.7. The number of likely N-dealkylation sites (N-methyl/N-ethyl adjacent to an activating group) is 1. The van der Waals surface area contributed by atoms with Crippen molar-refractivity contribution in [2.75, 3.05) is 47.5 Å². The number of phosphoric acid groups is 1. The van der Waals surface area contributed by atoms with Crippen LogP contribution >= 0.6 is 7.82 Å². The van der Waals surface area contributed by atoms with Crippen LogP contribution in [0.1, 0.15) is 168 Å². The molecule has 10 heteroatoms. The summed E-state index contributed by atoms with van der Waals surface area (Å²) >= 11 is 0. The van der Waals surface area contributed by atoms with Crippen molar-refractivity contribution in [2.24, 2.45) is 0 Å². The predicted molar refractivity (Wildman–Crippen MR) is 231 cm³/mol. The van der Waals surface area contributed by atoms with Crippen LogP contribution in [0, 0.1) is 0 Å². The molecular weight excluding hydrogens is 725 g/mol. The van der Waals surface area contributed by atoms with E-state index in [2.05, 4.69) is 62.5 Å². The summed E-state index contributed by atoms with van der Waals surface area (Å²) in [5.74, 6) is -0.923. The molecule has 0 aromatic carbocycles. The fourth-order valence-corrected chi connectivity index (χ4v) is 6.33.